The first kappa shape index (κ1) is 7.02. The molecular formula is C7H9N3O2. The summed E-state index contributed by atoms with van der Waals surface area (Å²) in [7, 11) is 0. The quantitative estimate of drug-likeness (QED) is 0.473. The zero-order valence-corrected chi connectivity index (χ0v) is 6.39. The summed E-state index contributed by atoms with van der Waals surface area (Å²) in [6, 6.07) is 0. The Hall–Kier alpha value is -1.65. The van der Waals surface area contributed by atoms with Crippen LogP contribution in [0.5, 0.6) is 0 Å². The number of amides is 1. The van der Waals surface area contributed by atoms with Crippen LogP contribution in [-0.4, -0.2) is 12.5 Å². The normalized spacial score (nSPS) is 20.2. The van der Waals surface area contributed by atoms with Crippen LogP contribution in [0.4, 0.5) is 0 Å². The zero-order valence-electron chi connectivity index (χ0n) is 6.39. The molecule has 0 saturated carbocycles. The van der Waals surface area contributed by atoms with Gasteiger partial charge in [0.15, 0.2) is 0 Å². The van der Waals surface area contributed by atoms with Crippen molar-refractivity contribution in [2.24, 2.45) is 5.73 Å². The van der Waals surface area contributed by atoms with Gasteiger partial charge in [-0.3, -0.25) is 15.6 Å². The molecule has 0 aromatic rings. The molecule has 0 unspecified atom stereocenters. The van der Waals surface area contributed by atoms with Crippen LogP contribution in [0.15, 0.2) is 23.2 Å². The van der Waals surface area contributed by atoms with Crippen molar-refractivity contribution in [3.63, 3.8) is 0 Å². The largest absolute Gasteiger partial charge is 0.499 e. The Morgan fingerprint density at radius 1 is 1.58 bits per heavy atom. The molecule has 2 heterocycles. The van der Waals surface area contributed by atoms with Crippen molar-refractivity contribution >= 4 is 5.91 Å². The highest BCUT2D eigenvalue weighted by Gasteiger charge is 2.24. The highest BCUT2D eigenvalue weighted by Crippen LogP contribution is 2.23. The van der Waals surface area contributed by atoms with Crippen molar-refractivity contribution in [1.29, 1.82) is 0 Å². The molecule has 0 atom stereocenters. The molecule has 4 N–H and O–H groups in total. The van der Waals surface area contributed by atoms with E-state index < -0.39 is 5.91 Å². The maximum Gasteiger partial charge on any atom is 0.266 e. The molecular weight excluding hydrogens is 158 g/mol. The number of carbonyl (C=O) groups is 1. The smallest absolute Gasteiger partial charge is 0.266 e. The minimum atomic E-state index is -0.442. The van der Waals surface area contributed by atoms with Gasteiger partial charge in [-0.2, -0.15) is 0 Å². The monoisotopic (exact) mass is 167 g/mol. The summed E-state index contributed by atoms with van der Waals surface area (Å²) in [5.74, 6) is -0.442. The molecule has 5 heteroatoms. The Bertz CT molecular complexity index is 293. The highest BCUT2D eigenvalue weighted by atomic mass is 16.5. The van der Waals surface area contributed by atoms with Crippen LogP contribution in [0.1, 0.15) is 6.42 Å². The standard InChI is InChI=1S/C7H9N3O2/c8-7(11)6-4-1-2-12-3-5(4)9-10-6/h3,9-10H,1-2H2,(H2,8,11). The summed E-state index contributed by atoms with van der Waals surface area (Å²) < 4.78 is 5.06. The number of carbonyl (C=O) groups excluding carboxylic acids is 1. The molecule has 2 aliphatic heterocycles. The summed E-state index contributed by atoms with van der Waals surface area (Å²) in [4.78, 5) is 10.9. The van der Waals surface area contributed by atoms with E-state index in [1.54, 1.807) is 6.26 Å². The van der Waals surface area contributed by atoms with E-state index in [0.29, 0.717) is 18.7 Å². The van der Waals surface area contributed by atoms with Gasteiger partial charge in [0.05, 0.1) is 12.3 Å². The van der Waals surface area contributed by atoms with E-state index in [-0.39, 0.29) is 0 Å². The number of primary amides is 1. The van der Waals surface area contributed by atoms with Gasteiger partial charge in [0.2, 0.25) is 0 Å². The molecule has 0 aromatic heterocycles. The van der Waals surface area contributed by atoms with Gasteiger partial charge in [0.25, 0.3) is 5.91 Å². The van der Waals surface area contributed by atoms with Crippen molar-refractivity contribution in [3.05, 3.63) is 23.2 Å². The fraction of sp³-hybridized carbons (Fsp3) is 0.286. The molecule has 1 amide bonds. The van der Waals surface area contributed by atoms with Gasteiger partial charge in [-0.25, -0.2) is 0 Å². The maximum absolute atomic E-state index is 10.9. The van der Waals surface area contributed by atoms with Crippen molar-refractivity contribution in [3.8, 4) is 0 Å². The first-order chi connectivity index (χ1) is 5.79. The van der Waals surface area contributed by atoms with E-state index in [1.807, 2.05) is 0 Å². The zero-order chi connectivity index (χ0) is 8.55. The lowest BCUT2D eigenvalue weighted by Gasteiger charge is -2.11. The first-order valence-corrected chi connectivity index (χ1v) is 3.66. The van der Waals surface area contributed by atoms with Crippen LogP contribution in [0, 0.1) is 0 Å². The predicted molar refractivity (Wildman–Crippen MR) is 41.1 cm³/mol. The predicted octanol–water partition coefficient (Wildman–Crippen LogP) is -0.905. The second kappa shape index (κ2) is 2.44. The summed E-state index contributed by atoms with van der Waals surface area (Å²) in [5.41, 5.74) is 12.8. The number of nitrogens with two attached hydrogens (primary N) is 1. The topological polar surface area (TPSA) is 76.4 Å². The molecule has 64 valence electrons. The Kier molecular flexibility index (Phi) is 1.43. The lowest BCUT2D eigenvalue weighted by molar-refractivity contribution is -0.114. The molecule has 0 bridgehead atoms. The number of nitrogens with one attached hydrogen (secondary N) is 2. The van der Waals surface area contributed by atoms with E-state index in [1.165, 1.54) is 0 Å². The Morgan fingerprint density at radius 3 is 3.17 bits per heavy atom. The molecule has 5 nitrogen and oxygen atoms in total. The SMILES string of the molecule is NC(=O)C1=C2CCOC=C2NN1. The summed E-state index contributed by atoms with van der Waals surface area (Å²) in [6.07, 6.45) is 2.30. The Balaban J connectivity index is 2.39. The van der Waals surface area contributed by atoms with Gasteiger partial charge in [0.1, 0.15) is 12.0 Å². The third kappa shape index (κ3) is 0.903. The number of hydrogen-bond acceptors (Lipinski definition) is 4. The molecule has 0 spiro atoms. The van der Waals surface area contributed by atoms with Gasteiger partial charge < -0.3 is 10.5 Å². The van der Waals surface area contributed by atoms with Gasteiger partial charge in [-0.15, -0.1) is 0 Å². The molecule has 2 aliphatic rings. The number of ether oxygens (including phenoxy) is 1. The molecule has 0 radical (unpaired) electrons. The third-order valence-corrected chi connectivity index (χ3v) is 1.87. The number of hydrazine groups is 1. The molecule has 0 aliphatic carbocycles. The Morgan fingerprint density at radius 2 is 2.42 bits per heavy atom. The van der Waals surface area contributed by atoms with Crippen molar-refractivity contribution in [2.45, 2.75) is 6.42 Å². The van der Waals surface area contributed by atoms with E-state index in [9.17, 15) is 4.79 Å². The fourth-order valence-corrected chi connectivity index (χ4v) is 1.29. The van der Waals surface area contributed by atoms with Gasteiger partial charge in [-0.05, 0) is 0 Å². The van der Waals surface area contributed by atoms with Crippen LogP contribution in [0.25, 0.3) is 0 Å². The van der Waals surface area contributed by atoms with Crippen LogP contribution < -0.4 is 16.6 Å². The molecule has 0 aromatic carbocycles. The van der Waals surface area contributed by atoms with E-state index in [0.717, 1.165) is 11.3 Å². The summed E-state index contributed by atoms with van der Waals surface area (Å²) in [6.45, 7) is 0.596. The van der Waals surface area contributed by atoms with Gasteiger partial charge in [0, 0.05) is 12.0 Å². The van der Waals surface area contributed by atoms with Crippen LogP contribution in [0.2, 0.25) is 0 Å². The van der Waals surface area contributed by atoms with Gasteiger partial charge in [-0.1, -0.05) is 0 Å². The van der Waals surface area contributed by atoms with E-state index in [4.69, 9.17) is 10.5 Å². The molecule has 12 heavy (non-hydrogen) atoms. The average Bonchev–Trinajstić information content (AvgIpc) is 2.47. The molecule has 0 saturated heterocycles. The number of rotatable bonds is 1. The minimum absolute atomic E-state index is 0.442. The van der Waals surface area contributed by atoms with Crippen LogP contribution in [0.3, 0.4) is 0 Å². The first-order valence-electron chi connectivity index (χ1n) is 3.66. The summed E-state index contributed by atoms with van der Waals surface area (Å²) >= 11 is 0. The van der Waals surface area contributed by atoms with Crippen molar-refractivity contribution in [1.82, 2.24) is 10.9 Å². The highest BCUT2D eigenvalue weighted by molar-refractivity contribution is 5.93. The second-order valence-electron chi connectivity index (χ2n) is 2.62. The Labute approximate surface area is 69.2 Å². The number of allylic oxidation sites excluding steroid dienone is 1. The lowest BCUT2D eigenvalue weighted by Crippen LogP contribution is -2.29. The fourth-order valence-electron chi connectivity index (χ4n) is 1.29. The summed E-state index contributed by atoms with van der Waals surface area (Å²) in [5, 5.41) is 0. The molecule has 0 fully saturated rings. The molecule has 2 rings (SSSR count). The number of hydrogen-bond donors (Lipinski definition) is 3. The van der Waals surface area contributed by atoms with E-state index in [2.05, 4.69) is 10.9 Å². The number of fused-ring (bicyclic) bond motifs is 1. The lowest BCUT2D eigenvalue weighted by atomic mass is 10.1. The van der Waals surface area contributed by atoms with Crippen LogP contribution >= 0.6 is 0 Å². The van der Waals surface area contributed by atoms with Gasteiger partial charge >= 0.3 is 0 Å². The maximum atomic E-state index is 10.9. The second-order valence-corrected chi connectivity index (χ2v) is 2.62. The average molecular weight is 167 g/mol. The third-order valence-electron chi connectivity index (χ3n) is 1.87. The van der Waals surface area contributed by atoms with Crippen molar-refractivity contribution < 1.29 is 9.53 Å². The van der Waals surface area contributed by atoms with Crippen LogP contribution in [-0.2, 0) is 9.53 Å². The minimum Gasteiger partial charge on any atom is -0.499 e. The van der Waals surface area contributed by atoms with Crippen molar-refractivity contribution in [2.75, 3.05) is 6.61 Å². The van der Waals surface area contributed by atoms with E-state index >= 15 is 0 Å².